The summed E-state index contributed by atoms with van der Waals surface area (Å²) in [6.07, 6.45) is 3.18. The Bertz CT molecular complexity index is 600. The number of furan rings is 1. The Balaban J connectivity index is 1.89. The molecule has 112 valence electrons. The largest absolute Gasteiger partial charge is 0.462 e. The van der Waals surface area contributed by atoms with Crippen LogP contribution in [-0.4, -0.2) is 31.4 Å². The first-order valence-corrected chi connectivity index (χ1v) is 7.71. The van der Waals surface area contributed by atoms with E-state index < -0.39 is 0 Å². The minimum Gasteiger partial charge on any atom is -0.462 e. The Hall–Kier alpha value is -1.85. The lowest BCUT2D eigenvalue weighted by Gasteiger charge is -2.23. The van der Waals surface area contributed by atoms with Crippen LogP contribution in [0, 0.1) is 6.92 Å². The van der Waals surface area contributed by atoms with Crippen LogP contribution >= 0.6 is 11.3 Å². The SMILES string of the molecule is Cc1ccc(C=CC(=O)NCC(c2ccsc2)N(C)C)o1. The summed E-state index contributed by atoms with van der Waals surface area (Å²) < 4.78 is 5.38. The van der Waals surface area contributed by atoms with Gasteiger partial charge in [-0.15, -0.1) is 0 Å². The fraction of sp³-hybridized carbons (Fsp3) is 0.312. The van der Waals surface area contributed by atoms with Crippen LogP contribution in [-0.2, 0) is 4.79 Å². The first-order valence-electron chi connectivity index (χ1n) is 6.77. The lowest BCUT2D eigenvalue weighted by molar-refractivity contribution is -0.116. The maximum Gasteiger partial charge on any atom is 0.244 e. The zero-order valence-electron chi connectivity index (χ0n) is 12.5. The number of likely N-dealkylation sites (N-methyl/N-ethyl adjacent to an activating group) is 1. The number of carbonyl (C=O) groups excluding carboxylic acids is 1. The molecule has 0 radical (unpaired) electrons. The minimum absolute atomic E-state index is 0.119. The highest BCUT2D eigenvalue weighted by atomic mass is 32.1. The van der Waals surface area contributed by atoms with E-state index in [0.717, 1.165) is 5.76 Å². The van der Waals surface area contributed by atoms with Crippen LogP contribution in [0.3, 0.4) is 0 Å². The molecule has 1 amide bonds. The molecule has 0 fully saturated rings. The summed E-state index contributed by atoms with van der Waals surface area (Å²) in [6.45, 7) is 2.45. The number of nitrogens with one attached hydrogen (secondary N) is 1. The van der Waals surface area contributed by atoms with E-state index >= 15 is 0 Å². The number of aryl methyl sites for hydroxylation is 1. The fourth-order valence-electron chi connectivity index (χ4n) is 2.02. The third kappa shape index (κ3) is 4.58. The number of amides is 1. The van der Waals surface area contributed by atoms with Gasteiger partial charge in [-0.1, -0.05) is 0 Å². The van der Waals surface area contributed by atoms with E-state index in [1.54, 1.807) is 17.4 Å². The smallest absolute Gasteiger partial charge is 0.244 e. The Labute approximate surface area is 129 Å². The summed E-state index contributed by atoms with van der Waals surface area (Å²) in [5, 5.41) is 7.08. The van der Waals surface area contributed by atoms with Gasteiger partial charge in [0.05, 0.1) is 6.04 Å². The average molecular weight is 304 g/mol. The number of hydrogen-bond acceptors (Lipinski definition) is 4. The third-order valence-corrected chi connectivity index (χ3v) is 3.88. The molecule has 2 heterocycles. The van der Waals surface area contributed by atoms with Gasteiger partial charge in [-0.3, -0.25) is 4.79 Å². The Morgan fingerprint density at radius 3 is 2.81 bits per heavy atom. The highest BCUT2D eigenvalue weighted by Crippen LogP contribution is 2.19. The molecule has 0 bridgehead atoms. The number of rotatable bonds is 6. The molecule has 2 aromatic heterocycles. The topological polar surface area (TPSA) is 45.5 Å². The molecular weight excluding hydrogens is 284 g/mol. The van der Waals surface area contributed by atoms with Crippen molar-refractivity contribution in [3.05, 3.63) is 52.1 Å². The molecule has 0 aliphatic rings. The van der Waals surface area contributed by atoms with Crippen LogP contribution in [0.5, 0.6) is 0 Å². The Morgan fingerprint density at radius 1 is 1.43 bits per heavy atom. The molecule has 1 unspecified atom stereocenters. The predicted octanol–water partition coefficient (Wildman–Crippen LogP) is 3.08. The van der Waals surface area contributed by atoms with E-state index in [2.05, 4.69) is 21.7 Å². The van der Waals surface area contributed by atoms with Gasteiger partial charge in [0.15, 0.2) is 0 Å². The quantitative estimate of drug-likeness (QED) is 0.834. The third-order valence-electron chi connectivity index (χ3n) is 3.18. The molecular formula is C16H20N2O2S. The maximum atomic E-state index is 11.9. The number of nitrogens with zero attached hydrogens (tertiary/aromatic N) is 1. The summed E-state index contributed by atoms with van der Waals surface area (Å²) in [5.41, 5.74) is 1.22. The Kier molecular flexibility index (Phi) is 5.36. The summed E-state index contributed by atoms with van der Waals surface area (Å²) in [7, 11) is 4.02. The monoisotopic (exact) mass is 304 g/mol. The maximum absolute atomic E-state index is 11.9. The van der Waals surface area contributed by atoms with Gasteiger partial charge in [-0.25, -0.2) is 0 Å². The first-order chi connectivity index (χ1) is 10.1. The minimum atomic E-state index is -0.119. The van der Waals surface area contributed by atoms with Gasteiger partial charge in [0.25, 0.3) is 0 Å². The van der Waals surface area contributed by atoms with E-state index in [-0.39, 0.29) is 11.9 Å². The molecule has 4 nitrogen and oxygen atoms in total. The molecule has 0 saturated heterocycles. The van der Waals surface area contributed by atoms with Crippen LogP contribution in [0.1, 0.15) is 23.1 Å². The first kappa shape index (κ1) is 15.5. The number of thiophene rings is 1. The van der Waals surface area contributed by atoms with Gasteiger partial charge in [0.2, 0.25) is 5.91 Å². The lowest BCUT2D eigenvalue weighted by Crippen LogP contribution is -2.33. The summed E-state index contributed by atoms with van der Waals surface area (Å²) >= 11 is 1.66. The average Bonchev–Trinajstić information content (AvgIpc) is 3.08. The van der Waals surface area contributed by atoms with Gasteiger partial charge in [0, 0.05) is 12.6 Å². The lowest BCUT2D eigenvalue weighted by atomic mass is 10.1. The van der Waals surface area contributed by atoms with Gasteiger partial charge in [-0.05, 0) is 61.6 Å². The predicted molar refractivity (Wildman–Crippen MR) is 86.2 cm³/mol. The van der Waals surface area contributed by atoms with E-state index in [1.807, 2.05) is 38.5 Å². The molecule has 0 aromatic carbocycles. The van der Waals surface area contributed by atoms with Crippen molar-refractivity contribution in [1.29, 1.82) is 0 Å². The second-order valence-corrected chi connectivity index (χ2v) is 5.84. The molecule has 1 N–H and O–H groups in total. The number of carbonyl (C=O) groups is 1. The zero-order valence-corrected chi connectivity index (χ0v) is 13.3. The van der Waals surface area contributed by atoms with Crippen molar-refractivity contribution in [2.24, 2.45) is 0 Å². The molecule has 0 spiro atoms. The standard InChI is InChI=1S/C16H20N2O2S/c1-12-4-5-14(20-12)6-7-16(19)17-10-15(18(2)3)13-8-9-21-11-13/h4-9,11,15H,10H2,1-3H3,(H,17,19). The van der Waals surface area contributed by atoms with Crippen molar-refractivity contribution in [2.45, 2.75) is 13.0 Å². The van der Waals surface area contributed by atoms with E-state index in [1.165, 1.54) is 11.6 Å². The fourth-order valence-corrected chi connectivity index (χ4v) is 2.73. The summed E-state index contributed by atoms with van der Waals surface area (Å²) in [4.78, 5) is 14.0. The van der Waals surface area contributed by atoms with Crippen molar-refractivity contribution in [3.8, 4) is 0 Å². The normalized spacial score (nSPS) is 13.0. The van der Waals surface area contributed by atoms with Crippen molar-refractivity contribution >= 4 is 23.3 Å². The molecule has 0 aliphatic carbocycles. The Morgan fingerprint density at radius 2 is 2.24 bits per heavy atom. The van der Waals surface area contributed by atoms with Crippen molar-refractivity contribution in [2.75, 3.05) is 20.6 Å². The second-order valence-electron chi connectivity index (χ2n) is 5.06. The molecule has 1 atom stereocenters. The molecule has 21 heavy (non-hydrogen) atoms. The van der Waals surface area contributed by atoms with E-state index in [0.29, 0.717) is 12.3 Å². The van der Waals surface area contributed by atoms with Gasteiger partial charge in [0.1, 0.15) is 11.5 Å². The van der Waals surface area contributed by atoms with E-state index in [4.69, 9.17) is 4.42 Å². The second kappa shape index (κ2) is 7.24. The van der Waals surface area contributed by atoms with Crippen LogP contribution < -0.4 is 5.32 Å². The van der Waals surface area contributed by atoms with Gasteiger partial charge < -0.3 is 14.6 Å². The van der Waals surface area contributed by atoms with Gasteiger partial charge >= 0.3 is 0 Å². The molecule has 0 saturated carbocycles. The van der Waals surface area contributed by atoms with Crippen molar-refractivity contribution in [3.63, 3.8) is 0 Å². The van der Waals surface area contributed by atoms with Crippen LogP contribution in [0.4, 0.5) is 0 Å². The zero-order chi connectivity index (χ0) is 15.2. The molecule has 5 heteroatoms. The van der Waals surface area contributed by atoms with Crippen LogP contribution in [0.15, 0.2) is 39.5 Å². The summed E-state index contributed by atoms with van der Waals surface area (Å²) in [5.74, 6) is 1.40. The van der Waals surface area contributed by atoms with Gasteiger partial charge in [-0.2, -0.15) is 11.3 Å². The van der Waals surface area contributed by atoms with Crippen molar-refractivity contribution < 1.29 is 9.21 Å². The summed E-state index contributed by atoms with van der Waals surface area (Å²) in [6, 6.07) is 5.98. The molecule has 2 rings (SSSR count). The van der Waals surface area contributed by atoms with E-state index in [9.17, 15) is 4.79 Å². The van der Waals surface area contributed by atoms with Crippen LogP contribution in [0.25, 0.3) is 6.08 Å². The highest BCUT2D eigenvalue weighted by Gasteiger charge is 2.14. The molecule has 0 aliphatic heterocycles. The molecule has 2 aromatic rings. The highest BCUT2D eigenvalue weighted by molar-refractivity contribution is 7.07. The number of hydrogen-bond donors (Lipinski definition) is 1. The van der Waals surface area contributed by atoms with Crippen molar-refractivity contribution in [1.82, 2.24) is 10.2 Å². The van der Waals surface area contributed by atoms with Crippen LogP contribution in [0.2, 0.25) is 0 Å².